The monoisotopic (exact) mass is 281 g/mol. The van der Waals surface area contributed by atoms with Crippen LogP contribution in [0.15, 0.2) is 11.6 Å². The van der Waals surface area contributed by atoms with Gasteiger partial charge >= 0.3 is 0 Å². The van der Waals surface area contributed by atoms with Crippen molar-refractivity contribution >= 4 is 17.4 Å². The van der Waals surface area contributed by atoms with Gasteiger partial charge in [-0.15, -0.1) is 0 Å². The van der Waals surface area contributed by atoms with E-state index in [1.807, 2.05) is 10.3 Å². The molecule has 0 atom stereocenters. The summed E-state index contributed by atoms with van der Waals surface area (Å²) in [6.45, 7) is 4.14. The SMILES string of the molecule is CN1CCC2(CC1)CN(C(=O)c1cnsc1)CCO2. The van der Waals surface area contributed by atoms with E-state index in [0.717, 1.165) is 32.5 Å². The third-order valence-corrected chi connectivity index (χ3v) is 4.70. The number of carbonyl (C=O) groups is 1. The molecule has 2 saturated heterocycles. The van der Waals surface area contributed by atoms with Crippen LogP contribution >= 0.6 is 11.5 Å². The maximum atomic E-state index is 12.4. The number of amides is 1. The molecular weight excluding hydrogens is 262 g/mol. The third kappa shape index (κ3) is 2.66. The van der Waals surface area contributed by atoms with Crippen LogP contribution < -0.4 is 0 Å². The Hall–Kier alpha value is -0.980. The van der Waals surface area contributed by atoms with Crippen LogP contribution in [0.25, 0.3) is 0 Å². The highest BCUT2D eigenvalue weighted by Gasteiger charge is 2.40. The Morgan fingerprint density at radius 1 is 1.42 bits per heavy atom. The summed E-state index contributed by atoms with van der Waals surface area (Å²) >= 11 is 1.32. The van der Waals surface area contributed by atoms with E-state index in [0.29, 0.717) is 18.7 Å². The van der Waals surface area contributed by atoms with Gasteiger partial charge in [-0.2, -0.15) is 0 Å². The number of ether oxygens (including phenoxy) is 1. The van der Waals surface area contributed by atoms with Gasteiger partial charge in [0, 0.05) is 25.0 Å². The van der Waals surface area contributed by atoms with Crippen LogP contribution in [-0.2, 0) is 4.74 Å². The number of carbonyl (C=O) groups excluding carboxylic acids is 1. The highest BCUT2D eigenvalue weighted by molar-refractivity contribution is 7.03. The normalized spacial score (nSPS) is 23.7. The van der Waals surface area contributed by atoms with Gasteiger partial charge in [-0.3, -0.25) is 4.79 Å². The van der Waals surface area contributed by atoms with Crippen LogP contribution in [0.4, 0.5) is 0 Å². The molecule has 1 aromatic rings. The van der Waals surface area contributed by atoms with Gasteiger partial charge in [-0.1, -0.05) is 0 Å². The molecule has 104 valence electrons. The Labute approximate surface area is 117 Å². The van der Waals surface area contributed by atoms with Crippen molar-refractivity contribution in [2.75, 3.05) is 39.8 Å². The lowest BCUT2D eigenvalue weighted by Crippen LogP contribution is -2.57. The maximum Gasteiger partial charge on any atom is 0.256 e. The number of likely N-dealkylation sites (tertiary alicyclic amines) is 1. The number of piperidine rings is 1. The molecular formula is C13H19N3O2S. The van der Waals surface area contributed by atoms with Crippen LogP contribution in [0.2, 0.25) is 0 Å². The average molecular weight is 281 g/mol. The summed E-state index contributed by atoms with van der Waals surface area (Å²) in [5.74, 6) is 0.0929. The van der Waals surface area contributed by atoms with E-state index in [2.05, 4.69) is 16.3 Å². The van der Waals surface area contributed by atoms with Crippen molar-refractivity contribution in [3.63, 3.8) is 0 Å². The topological polar surface area (TPSA) is 45.7 Å². The van der Waals surface area contributed by atoms with Crippen molar-refractivity contribution in [2.24, 2.45) is 0 Å². The molecule has 2 aliphatic rings. The van der Waals surface area contributed by atoms with E-state index in [4.69, 9.17) is 4.74 Å². The van der Waals surface area contributed by atoms with Crippen LogP contribution in [-0.4, -0.2) is 65.5 Å². The van der Waals surface area contributed by atoms with Crippen molar-refractivity contribution in [3.8, 4) is 0 Å². The first-order valence-electron chi connectivity index (χ1n) is 6.70. The summed E-state index contributed by atoms with van der Waals surface area (Å²) in [4.78, 5) is 16.6. The molecule has 6 heteroatoms. The second-order valence-electron chi connectivity index (χ2n) is 5.47. The molecule has 0 unspecified atom stereocenters. The largest absolute Gasteiger partial charge is 0.371 e. The lowest BCUT2D eigenvalue weighted by Gasteiger charge is -2.46. The molecule has 0 bridgehead atoms. The first kappa shape index (κ1) is 13.0. The minimum atomic E-state index is -0.121. The summed E-state index contributed by atoms with van der Waals surface area (Å²) in [6, 6.07) is 0. The number of rotatable bonds is 1. The Morgan fingerprint density at radius 2 is 2.21 bits per heavy atom. The first-order valence-corrected chi connectivity index (χ1v) is 7.53. The van der Waals surface area contributed by atoms with Crippen LogP contribution in [0.3, 0.4) is 0 Å². The van der Waals surface area contributed by atoms with Gasteiger partial charge in [-0.05, 0) is 31.4 Å². The zero-order chi connectivity index (χ0) is 13.3. The van der Waals surface area contributed by atoms with Crippen LogP contribution in [0.1, 0.15) is 23.2 Å². The smallest absolute Gasteiger partial charge is 0.256 e. The summed E-state index contributed by atoms with van der Waals surface area (Å²) in [5.41, 5.74) is 0.583. The summed E-state index contributed by atoms with van der Waals surface area (Å²) in [5, 5.41) is 1.82. The fraction of sp³-hybridized carbons (Fsp3) is 0.692. The van der Waals surface area contributed by atoms with E-state index in [1.165, 1.54) is 11.5 Å². The Bertz CT molecular complexity index is 441. The van der Waals surface area contributed by atoms with Crippen molar-refractivity contribution in [3.05, 3.63) is 17.1 Å². The Balaban J connectivity index is 1.70. The van der Waals surface area contributed by atoms with Crippen LogP contribution in [0.5, 0.6) is 0 Å². The highest BCUT2D eigenvalue weighted by atomic mass is 32.1. The van der Waals surface area contributed by atoms with E-state index < -0.39 is 0 Å². The minimum absolute atomic E-state index is 0.0929. The maximum absolute atomic E-state index is 12.4. The average Bonchev–Trinajstić information content (AvgIpc) is 2.96. The van der Waals surface area contributed by atoms with Crippen LogP contribution in [0, 0.1) is 0 Å². The third-order valence-electron chi connectivity index (χ3n) is 4.11. The van der Waals surface area contributed by atoms with Gasteiger partial charge in [0.15, 0.2) is 0 Å². The van der Waals surface area contributed by atoms with Gasteiger partial charge < -0.3 is 14.5 Å². The summed E-state index contributed by atoms with van der Waals surface area (Å²) in [6.07, 6.45) is 3.67. The second-order valence-corrected chi connectivity index (χ2v) is 6.13. The predicted octanol–water partition coefficient (Wildman–Crippen LogP) is 1.08. The molecule has 1 spiro atoms. The fourth-order valence-electron chi connectivity index (χ4n) is 2.84. The summed E-state index contributed by atoms with van der Waals surface area (Å²) in [7, 11) is 2.13. The van der Waals surface area contributed by atoms with Gasteiger partial charge in [0.1, 0.15) is 0 Å². The van der Waals surface area contributed by atoms with Crippen molar-refractivity contribution in [1.29, 1.82) is 0 Å². The highest BCUT2D eigenvalue weighted by Crippen LogP contribution is 2.30. The molecule has 5 nitrogen and oxygen atoms in total. The quantitative estimate of drug-likeness (QED) is 0.773. The molecule has 3 rings (SSSR count). The molecule has 1 aromatic heterocycles. The van der Waals surface area contributed by atoms with Crippen molar-refractivity contribution < 1.29 is 9.53 Å². The molecule has 0 radical (unpaired) electrons. The standard InChI is InChI=1S/C13H19N3O2S/c1-15-4-2-13(3-5-15)10-16(6-7-18-13)12(17)11-8-14-19-9-11/h8-9H,2-7,10H2,1H3. The number of aromatic nitrogens is 1. The number of morpholine rings is 1. The van der Waals surface area contributed by atoms with E-state index >= 15 is 0 Å². The molecule has 3 heterocycles. The first-order chi connectivity index (χ1) is 9.19. The van der Waals surface area contributed by atoms with Gasteiger partial charge in [0.2, 0.25) is 0 Å². The number of hydrogen-bond donors (Lipinski definition) is 0. The number of hydrogen-bond acceptors (Lipinski definition) is 5. The lowest BCUT2D eigenvalue weighted by atomic mass is 9.89. The molecule has 0 saturated carbocycles. The van der Waals surface area contributed by atoms with Gasteiger partial charge in [-0.25, -0.2) is 4.37 Å². The molecule has 2 fully saturated rings. The van der Waals surface area contributed by atoms with E-state index in [9.17, 15) is 4.79 Å². The summed E-state index contributed by atoms with van der Waals surface area (Å²) < 4.78 is 10.0. The molecule has 1 amide bonds. The van der Waals surface area contributed by atoms with E-state index in [-0.39, 0.29) is 11.5 Å². The molecule has 0 N–H and O–H groups in total. The van der Waals surface area contributed by atoms with Gasteiger partial charge in [0.05, 0.1) is 30.5 Å². The molecule has 0 aromatic carbocycles. The lowest BCUT2D eigenvalue weighted by molar-refractivity contribution is -0.125. The molecule has 2 aliphatic heterocycles. The predicted molar refractivity (Wildman–Crippen MR) is 73.4 cm³/mol. The Morgan fingerprint density at radius 3 is 2.89 bits per heavy atom. The number of nitrogens with zero attached hydrogens (tertiary/aromatic N) is 3. The zero-order valence-corrected chi connectivity index (χ0v) is 12.0. The molecule has 0 aliphatic carbocycles. The fourth-order valence-corrected chi connectivity index (χ4v) is 3.35. The zero-order valence-electron chi connectivity index (χ0n) is 11.2. The Kier molecular flexibility index (Phi) is 3.56. The van der Waals surface area contributed by atoms with Crippen molar-refractivity contribution in [2.45, 2.75) is 18.4 Å². The minimum Gasteiger partial charge on any atom is -0.371 e. The van der Waals surface area contributed by atoms with Gasteiger partial charge in [0.25, 0.3) is 5.91 Å². The van der Waals surface area contributed by atoms with E-state index in [1.54, 1.807) is 6.20 Å². The molecule has 19 heavy (non-hydrogen) atoms. The second kappa shape index (κ2) is 5.19. The van der Waals surface area contributed by atoms with Crippen molar-refractivity contribution in [1.82, 2.24) is 14.2 Å².